The summed E-state index contributed by atoms with van der Waals surface area (Å²) in [6, 6.07) is 10.4. The number of halogens is 1. The molecule has 0 saturated heterocycles. The third-order valence-electron chi connectivity index (χ3n) is 2.85. The van der Waals surface area contributed by atoms with Gasteiger partial charge in [0.1, 0.15) is 10.7 Å². The lowest BCUT2D eigenvalue weighted by molar-refractivity contribution is 0.0694. The van der Waals surface area contributed by atoms with E-state index in [4.69, 9.17) is 16.7 Å². The number of hydrogen-bond acceptors (Lipinski definition) is 3. The number of benzene rings is 1. The highest BCUT2D eigenvalue weighted by Gasteiger charge is 2.17. The van der Waals surface area contributed by atoms with Gasteiger partial charge in [-0.25, -0.2) is 14.5 Å². The Balaban J connectivity index is 2.43. The van der Waals surface area contributed by atoms with Crippen molar-refractivity contribution in [1.29, 1.82) is 0 Å². The molecule has 1 aromatic carbocycles. The molecule has 0 spiro atoms. The van der Waals surface area contributed by atoms with E-state index in [-0.39, 0.29) is 10.8 Å². The number of aromatic nitrogens is 3. The molecule has 100 valence electrons. The van der Waals surface area contributed by atoms with Crippen molar-refractivity contribution in [2.45, 2.75) is 0 Å². The minimum Gasteiger partial charge on any atom is -0.477 e. The zero-order valence-corrected chi connectivity index (χ0v) is 10.8. The van der Waals surface area contributed by atoms with E-state index in [1.165, 1.54) is 10.7 Å². The Labute approximate surface area is 117 Å². The van der Waals surface area contributed by atoms with Crippen LogP contribution in [0.3, 0.4) is 0 Å². The summed E-state index contributed by atoms with van der Waals surface area (Å²) < 4.78 is 2.56. The summed E-state index contributed by atoms with van der Waals surface area (Å²) in [6.07, 6.45) is 1.03. The van der Waals surface area contributed by atoms with Gasteiger partial charge < -0.3 is 5.11 Å². The molecular weight excluding hydrogens is 282 g/mol. The molecular formula is C13H8ClN3O3. The predicted octanol–water partition coefficient (Wildman–Crippen LogP) is 1.84. The van der Waals surface area contributed by atoms with E-state index < -0.39 is 17.1 Å². The van der Waals surface area contributed by atoms with Gasteiger partial charge >= 0.3 is 5.97 Å². The summed E-state index contributed by atoms with van der Waals surface area (Å²) in [5, 5.41) is 9.26. The van der Waals surface area contributed by atoms with Crippen LogP contribution in [0.1, 0.15) is 10.4 Å². The normalized spacial score (nSPS) is 10.8. The van der Waals surface area contributed by atoms with Crippen molar-refractivity contribution in [3.05, 3.63) is 63.7 Å². The van der Waals surface area contributed by atoms with Crippen LogP contribution in [0, 0.1) is 0 Å². The first-order valence-electron chi connectivity index (χ1n) is 5.67. The summed E-state index contributed by atoms with van der Waals surface area (Å²) in [4.78, 5) is 27.2. The second-order valence-corrected chi connectivity index (χ2v) is 4.45. The van der Waals surface area contributed by atoms with Gasteiger partial charge in [-0.1, -0.05) is 29.8 Å². The van der Waals surface area contributed by atoms with Crippen molar-refractivity contribution in [2.24, 2.45) is 0 Å². The summed E-state index contributed by atoms with van der Waals surface area (Å²) in [5.74, 6) is -1.33. The largest absolute Gasteiger partial charge is 0.477 e. The molecule has 3 rings (SSSR count). The molecule has 0 fully saturated rings. The highest BCUT2D eigenvalue weighted by atomic mass is 35.5. The third kappa shape index (κ3) is 1.78. The molecule has 3 aromatic rings. The van der Waals surface area contributed by atoms with Gasteiger partial charge in [0.05, 0.1) is 5.69 Å². The average molecular weight is 290 g/mol. The van der Waals surface area contributed by atoms with Gasteiger partial charge in [0, 0.05) is 12.3 Å². The van der Waals surface area contributed by atoms with E-state index in [2.05, 4.69) is 4.98 Å². The molecule has 0 atom stereocenters. The molecule has 6 nitrogen and oxygen atoms in total. The highest BCUT2D eigenvalue weighted by Crippen LogP contribution is 2.18. The molecule has 1 N–H and O–H groups in total. The molecule has 0 amide bonds. The number of aromatic carboxylic acids is 1. The number of hydrogen-bond donors (Lipinski definition) is 1. The van der Waals surface area contributed by atoms with E-state index >= 15 is 0 Å². The lowest BCUT2D eigenvalue weighted by Gasteiger charge is -2.07. The minimum atomic E-state index is -1.33. The molecule has 0 radical (unpaired) electrons. The topological polar surface area (TPSA) is 76.6 Å². The Morgan fingerprint density at radius 1 is 1.25 bits per heavy atom. The lowest BCUT2D eigenvalue weighted by Crippen LogP contribution is -2.26. The quantitative estimate of drug-likeness (QED) is 0.781. The van der Waals surface area contributed by atoms with Crippen LogP contribution in [0.2, 0.25) is 5.15 Å². The van der Waals surface area contributed by atoms with Gasteiger partial charge in [-0.05, 0) is 12.1 Å². The molecule has 0 saturated carbocycles. The molecule has 0 aliphatic carbocycles. The molecule has 20 heavy (non-hydrogen) atoms. The van der Waals surface area contributed by atoms with Crippen LogP contribution in [0.5, 0.6) is 0 Å². The highest BCUT2D eigenvalue weighted by molar-refractivity contribution is 6.30. The number of fused-ring (bicyclic) bond motifs is 1. The first-order valence-corrected chi connectivity index (χ1v) is 6.05. The van der Waals surface area contributed by atoms with Crippen molar-refractivity contribution in [3.8, 4) is 5.69 Å². The summed E-state index contributed by atoms with van der Waals surface area (Å²) in [6.45, 7) is 0. The maximum Gasteiger partial charge on any atom is 0.343 e. The van der Waals surface area contributed by atoms with Crippen molar-refractivity contribution in [3.63, 3.8) is 0 Å². The molecule has 0 bridgehead atoms. The number of nitrogens with zero attached hydrogens (tertiary/aromatic N) is 3. The monoisotopic (exact) mass is 289 g/mol. The third-order valence-corrected chi connectivity index (χ3v) is 3.12. The average Bonchev–Trinajstić information content (AvgIpc) is 2.77. The number of para-hydroxylation sites is 1. The Bertz CT molecular complexity index is 868. The van der Waals surface area contributed by atoms with Crippen LogP contribution >= 0.6 is 11.6 Å². The minimum absolute atomic E-state index is 0.267. The Kier molecular flexibility index (Phi) is 2.80. The first-order chi connectivity index (χ1) is 9.59. The number of carboxylic acid groups (broad SMARTS) is 1. The van der Waals surface area contributed by atoms with E-state index in [1.807, 2.05) is 6.07 Å². The molecule has 0 aliphatic rings. The molecule has 0 unspecified atom stereocenters. The van der Waals surface area contributed by atoms with Crippen LogP contribution in [-0.2, 0) is 0 Å². The van der Waals surface area contributed by atoms with E-state index in [0.717, 1.165) is 10.7 Å². The zero-order valence-electron chi connectivity index (χ0n) is 10.0. The fourth-order valence-electron chi connectivity index (χ4n) is 1.97. The molecule has 7 heteroatoms. The molecule has 2 heterocycles. The maximum atomic E-state index is 12.2. The Morgan fingerprint density at radius 3 is 2.60 bits per heavy atom. The summed E-state index contributed by atoms with van der Waals surface area (Å²) in [5.41, 5.74) is -0.166. The van der Waals surface area contributed by atoms with Crippen molar-refractivity contribution >= 4 is 23.2 Å². The number of rotatable bonds is 2. The van der Waals surface area contributed by atoms with Crippen molar-refractivity contribution in [2.75, 3.05) is 0 Å². The van der Waals surface area contributed by atoms with Crippen molar-refractivity contribution < 1.29 is 9.90 Å². The smallest absolute Gasteiger partial charge is 0.343 e. The van der Waals surface area contributed by atoms with Crippen LogP contribution in [-0.4, -0.2) is 25.3 Å². The number of carbonyl (C=O) groups is 1. The number of carboxylic acids is 1. The SMILES string of the molecule is O=C(O)c1cnc2cc(Cl)n(-c3ccccc3)n2c1=O. The van der Waals surface area contributed by atoms with Gasteiger partial charge in [-0.15, -0.1) is 0 Å². The van der Waals surface area contributed by atoms with Gasteiger partial charge in [0.15, 0.2) is 5.65 Å². The fourth-order valence-corrected chi connectivity index (χ4v) is 2.24. The van der Waals surface area contributed by atoms with Crippen LogP contribution < -0.4 is 5.56 Å². The zero-order chi connectivity index (χ0) is 14.3. The van der Waals surface area contributed by atoms with Crippen LogP contribution in [0.15, 0.2) is 47.4 Å². The van der Waals surface area contributed by atoms with Crippen molar-refractivity contribution in [1.82, 2.24) is 14.2 Å². The van der Waals surface area contributed by atoms with Gasteiger partial charge in [0.2, 0.25) is 0 Å². The standard InChI is InChI=1S/C13H8ClN3O3/c14-10-6-11-15-7-9(13(19)20)12(18)17(11)16(10)8-4-2-1-3-5-8/h1-7H,(H,19,20). The van der Waals surface area contributed by atoms with Gasteiger partial charge in [0.25, 0.3) is 5.56 Å². The summed E-state index contributed by atoms with van der Waals surface area (Å²) in [7, 11) is 0. The summed E-state index contributed by atoms with van der Waals surface area (Å²) >= 11 is 6.12. The Morgan fingerprint density at radius 2 is 1.95 bits per heavy atom. The first kappa shape index (κ1) is 12.4. The van der Waals surface area contributed by atoms with E-state index in [9.17, 15) is 9.59 Å². The maximum absolute atomic E-state index is 12.2. The lowest BCUT2D eigenvalue weighted by atomic mass is 10.3. The second-order valence-electron chi connectivity index (χ2n) is 4.07. The fraction of sp³-hybridized carbons (Fsp3) is 0. The van der Waals surface area contributed by atoms with Crippen LogP contribution in [0.4, 0.5) is 0 Å². The molecule has 2 aromatic heterocycles. The predicted molar refractivity (Wildman–Crippen MR) is 72.8 cm³/mol. The van der Waals surface area contributed by atoms with E-state index in [0.29, 0.717) is 5.69 Å². The van der Waals surface area contributed by atoms with Gasteiger partial charge in [-0.2, -0.15) is 4.52 Å². The van der Waals surface area contributed by atoms with Crippen LogP contribution in [0.25, 0.3) is 11.3 Å². The van der Waals surface area contributed by atoms with Gasteiger partial charge in [-0.3, -0.25) is 4.79 Å². The second kappa shape index (κ2) is 4.50. The molecule has 0 aliphatic heterocycles. The Hall–Kier alpha value is -2.60. The van der Waals surface area contributed by atoms with E-state index in [1.54, 1.807) is 24.3 Å².